The molecule has 0 aliphatic carbocycles. The Morgan fingerprint density at radius 3 is 2.16 bits per heavy atom. The highest BCUT2D eigenvalue weighted by molar-refractivity contribution is 5.36. The average Bonchev–Trinajstić information content (AvgIpc) is 2.38. The average molecular weight is 254 g/mol. The van der Waals surface area contributed by atoms with E-state index in [4.69, 9.17) is 4.74 Å². The van der Waals surface area contributed by atoms with Crippen LogP contribution in [0.5, 0.6) is 11.5 Å². The molecule has 1 heteroatoms. The van der Waals surface area contributed by atoms with Crippen LogP contribution in [0.2, 0.25) is 0 Å². The summed E-state index contributed by atoms with van der Waals surface area (Å²) in [5, 5.41) is 0. The van der Waals surface area contributed by atoms with E-state index in [9.17, 15) is 0 Å². The van der Waals surface area contributed by atoms with Gasteiger partial charge in [-0.15, -0.1) is 0 Å². The second-order valence-electron chi connectivity index (χ2n) is 5.88. The highest BCUT2D eigenvalue weighted by Crippen LogP contribution is 2.27. The first-order valence-electron chi connectivity index (χ1n) is 6.86. The molecule has 100 valence electrons. The molecule has 0 N–H and O–H groups in total. The maximum absolute atomic E-state index is 5.89. The molecule has 0 atom stereocenters. The van der Waals surface area contributed by atoms with Crippen molar-refractivity contribution in [3.05, 3.63) is 59.7 Å². The molecule has 0 fully saturated rings. The molecule has 0 radical (unpaired) electrons. The van der Waals surface area contributed by atoms with Crippen LogP contribution in [0.4, 0.5) is 0 Å². The van der Waals surface area contributed by atoms with Crippen LogP contribution >= 0.6 is 0 Å². The van der Waals surface area contributed by atoms with Crippen LogP contribution in [0.1, 0.15) is 38.8 Å². The molecular formula is C18H22O. The molecule has 0 aliphatic heterocycles. The summed E-state index contributed by atoms with van der Waals surface area (Å²) in [6.45, 7) is 8.80. The second kappa shape index (κ2) is 5.48. The van der Waals surface area contributed by atoms with Crippen molar-refractivity contribution >= 4 is 0 Å². The minimum atomic E-state index is 0.181. The number of ether oxygens (including phenoxy) is 1. The van der Waals surface area contributed by atoms with Gasteiger partial charge < -0.3 is 4.74 Å². The Hall–Kier alpha value is -1.76. The molecule has 0 heterocycles. The van der Waals surface area contributed by atoms with E-state index in [1.165, 1.54) is 11.1 Å². The van der Waals surface area contributed by atoms with Gasteiger partial charge in [-0.1, -0.05) is 52.0 Å². The Morgan fingerprint density at radius 1 is 0.895 bits per heavy atom. The molecule has 19 heavy (non-hydrogen) atoms. The van der Waals surface area contributed by atoms with E-state index in [0.717, 1.165) is 17.9 Å². The maximum atomic E-state index is 5.89. The molecule has 0 saturated carbocycles. The van der Waals surface area contributed by atoms with Crippen LogP contribution in [0.15, 0.2) is 48.5 Å². The van der Waals surface area contributed by atoms with Gasteiger partial charge in [0.1, 0.15) is 11.5 Å². The fraction of sp³-hybridized carbons (Fsp3) is 0.333. The Balaban J connectivity index is 2.15. The van der Waals surface area contributed by atoms with E-state index in [-0.39, 0.29) is 5.41 Å². The van der Waals surface area contributed by atoms with Crippen LogP contribution in [0.25, 0.3) is 0 Å². The van der Waals surface area contributed by atoms with Gasteiger partial charge in [0.05, 0.1) is 0 Å². The Labute approximate surface area is 116 Å². The normalized spacial score (nSPS) is 11.4. The van der Waals surface area contributed by atoms with E-state index in [1.807, 2.05) is 24.3 Å². The zero-order valence-electron chi connectivity index (χ0n) is 12.2. The SMILES string of the molecule is CCc1cccc(Oc2ccc(C(C)(C)C)cc2)c1. The molecule has 2 rings (SSSR count). The number of rotatable bonds is 3. The highest BCUT2D eigenvalue weighted by atomic mass is 16.5. The van der Waals surface area contributed by atoms with Crippen molar-refractivity contribution in [3.8, 4) is 11.5 Å². The first kappa shape index (κ1) is 13.7. The van der Waals surface area contributed by atoms with E-state index in [0.29, 0.717) is 0 Å². The Kier molecular flexibility index (Phi) is 3.94. The van der Waals surface area contributed by atoms with Crippen molar-refractivity contribution in [1.29, 1.82) is 0 Å². The Morgan fingerprint density at radius 2 is 1.58 bits per heavy atom. The molecule has 0 aromatic heterocycles. The third-order valence-corrected chi connectivity index (χ3v) is 3.26. The van der Waals surface area contributed by atoms with Crippen LogP contribution in [0.3, 0.4) is 0 Å². The van der Waals surface area contributed by atoms with E-state index in [1.54, 1.807) is 0 Å². The minimum Gasteiger partial charge on any atom is -0.457 e. The predicted molar refractivity (Wildman–Crippen MR) is 81.0 cm³/mol. The summed E-state index contributed by atoms with van der Waals surface area (Å²) in [5.41, 5.74) is 2.80. The lowest BCUT2D eigenvalue weighted by molar-refractivity contribution is 0.481. The van der Waals surface area contributed by atoms with Crippen LogP contribution < -0.4 is 4.74 Å². The van der Waals surface area contributed by atoms with Gasteiger partial charge in [-0.05, 0) is 47.2 Å². The summed E-state index contributed by atoms with van der Waals surface area (Å²) in [6.07, 6.45) is 1.03. The number of aryl methyl sites for hydroxylation is 1. The first-order valence-corrected chi connectivity index (χ1v) is 6.86. The summed E-state index contributed by atoms with van der Waals surface area (Å²) in [7, 11) is 0. The second-order valence-corrected chi connectivity index (χ2v) is 5.88. The number of hydrogen-bond acceptors (Lipinski definition) is 1. The van der Waals surface area contributed by atoms with Crippen LogP contribution in [0, 0.1) is 0 Å². The zero-order valence-corrected chi connectivity index (χ0v) is 12.2. The standard InChI is InChI=1S/C18H22O/c1-5-14-7-6-8-17(13-14)19-16-11-9-15(10-12-16)18(2,3)4/h6-13H,5H2,1-4H3. The van der Waals surface area contributed by atoms with E-state index in [2.05, 4.69) is 52.0 Å². The summed E-state index contributed by atoms with van der Waals surface area (Å²) in [5.74, 6) is 1.80. The lowest BCUT2D eigenvalue weighted by Crippen LogP contribution is -2.10. The number of hydrogen-bond donors (Lipinski definition) is 0. The molecule has 0 spiro atoms. The van der Waals surface area contributed by atoms with Gasteiger partial charge in [0.15, 0.2) is 0 Å². The van der Waals surface area contributed by atoms with Crippen LogP contribution in [-0.4, -0.2) is 0 Å². The summed E-state index contributed by atoms with van der Waals surface area (Å²) >= 11 is 0. The molecule has 0 aliphatic rings. The molecule has 0 saturated heterocycles. The third-order valence-electron chi connectivity index (χ3n) is 3.26. The van der Waals surface area contributed by atoms with Gasteiger partial charge in [0.2, 0.25) is 0 Å². The lowest BCUT2D eigenvalue weighted by atomic mass is 9.87. The van der Waals surface area contributed by atoms with Gasteiger partial charge in [-0.2, -0.15) is 0 Å². The quantitative estimate of drug-likeness (QED) is 0.718. The predicted octanol–water partition coefficient (Wildman–Crippen LogP) is 5.34. The van der Waals surface area contributed by atoms with E-state index < -0.39 is 0 Å². The molecular weight excluding hydrogens is 232 g/mol. The molecule has 2 aromatic rings. The van der Waals surface area contributed by atoms with Crippen molar-refractivity contribution < 1.29 is 4.74 Å². The molecule has 0 amide bonds. The molecule has 0 bridgehead atoms. The van der Waals surface area contributed by atoms with Crippen LogP contribution in [-0.2, 0) is 11.8 Å². The van der Waals surface area contributed by atoms with Gasteiger partial charge in [0.25, 0.3) is 0 Å². The molecule has 2 aromatic carbocycles. The third kappa shape index (κ3) is 3.60. The Bertz CT molecular complexity index is 532. The van der Waals surface area contributed by atoms with Crippen molar-refractivity contribution in [1.82, 2.24) is 0 Å². The lowest BCUT2D eigenvalue weighted by Gasteiger charge is -2.19. The first-order chi connectivity index (χ1) is 8.99. The fourth-order valence-electron chi connectivity index (χ4n) is 1.99. The summed E-state index contributed by atoms with van der Waals surface area (Å²) in [4.78, 5) is 0. The summed E-state index contributed by atoms with van der Waals surface area (Å²) in [6, 6.07) is 16.6. The summed E-state index contributed by atoms with van der Waals surface area (Å²) < 4.78 is 5.89. The molecule has 0 unspecified atom stereocenters. The fourth-order valence-corrected chi connectivity index (χ4v) is 1.99. The topological polar surface area (TPSA) is 9.23 Å². The smallest absolute Gasteiger partial charge is 0.127 e. The van der Waals surface area contributed by atoms with Crippen molar-refractivity contribution in [2.45, 2.75) is 39.5 Å². The molecule has 1 nitrogen and oxygen atoms in total. The van der Waals surface area contributed by atoms with Gasteiger partial charge in [0, 0.05) is 0 Å². The van der Waals surface area contributed by atoms with E-state index >= 15 is 0 Å². The van der Waals surface area contributed by atoms with Crippen molar-refractivity contribution in [2.75, 3.05) is 0 Å². The van der Waals surface area contributed by atoms with Crippen molar-refractivity contribution in [3.63, 3.8) is 0 Å². The van der Waals surface area contributed by atoms with Gasteiger partial charge >= 0.3 is 0 Å². The van der Waals surface area contributed by atoms with Crippen molar-refractivity contribution in [2.24, 2.45) is 0 Å². The minimum absolute atomic E-state index is 0.181. The monoisotopic (exact) mass is 254 g/mol. The maximum Gasteiger partial charge on any atom is 0.127 e. The van der Waals surface area contributed by atoms with Gasteiger partial charge in [-0.25, -0.2) is 0 Å². The zero-order chi connectivity index (χ0) is 13.9. The van der Waals surface area contributed by atoms with Gasteiger partial charge in [-0.3, -0.25) is 0 Å². The largest absolute Gasteiger partial charge is 0.457 e. The number of benzene rings is 2. The highest BCUT2D eigenvalue weighted by Gasteiger charge is 2.13.